The van der Waals surface area contributed by atoms with Crippen LogP contribution in [0.5, 0.6) is 0 Å². The van der Waals surface area contributed by atoms with Crippen LogP contribution in [0.2, 0.25) is 0 Å². The summed E-state index contributed by atoms with van der Waals surface area (Å²) in [6.45, 7) is 0.482. The average Bonchev–Trinajstić information content (AvgIpc) is 3.23. The standard InChI is InChI=1S/C14H14N4OS2/c19-14(17-13-3-1-7-21-13)15-9-12(11-4-8-20-10-11)18-6-2-5-16-18/h1-8,10,12H,9H2,(H2,15,17,19). The van der Waals surface area contributed by atoms with Gasteiger partial charge >= 0.3 is 6.03 Å². The minimum Gasteiger partial charge on any atom is -0.335 e. The van der Waals surface area contributed by atoms with Crippen molar-refractivity contribution in [3.63, 3.8) is 0 Å². The molecule has 0 aromatic carbocycles. The molecule has 2 amide bonds. The molecule has 3 aromatic heterocycles. The van der Waals surface area contributed by atoms with Crippen molar-refractivity contribution in [2.75, 3.05) is 11.9 Å². The highest BCUT2D eigenvalue weighted by Gasteiger charge is 2.15. The van der Waals surface area contributed by atoms with Crippen molar-refractivity contribution < 1.29 is 4.79 Å². The molecular weight excluding hydrogens is 304 g/mol. The van der Waals surface area contributed by atoms with E-state index in [-0.39, 0.29) is 12.1 Å². The van der Waals surface area contributed by atoms with Gasteiger partial charge in [0.25, 0.3) is 0 Å². The van der Waals surface area contributed by atoms with Crippen LogP contribution < -0.4 is 10.6 Å². The molecule has 3 heterocycles. The summed E-state index contributed by atoms with van der Waals surface area (Å²) in [7, 11) is 0. The highest BCUT2D eigenvalue weighted by molar-refractivity contribution is 7.14. The molecule has 0 aliphatic rings. The summed E-state index contributed by atoms with van der Waals surface area (Å²) in [6.07, 6.45) is 3.65. The molecule has 1 unspecified atom stereocenters. The molecule has 2 N–H and O–H groups in total. The number of nitrogens with zero attached hydrogens (tertiary/aromatic N) is 2. The first-order chi connectivity index (χ1) is 10.3. The molecule has 21 heavy (non-hydrogen) atoms. The summed E-state index contributed by atoms with van der Waals surface area (Å²) in [5, 5.41) is 16.8. The third-order valence-corrected chi connectivity index (χ3v) is 4.47. The van der Waals surface area contributed by atoms with Gasteiger partial charge in [-0.3, -0.25) is 10.00 Å². The van der Waals surface area contributed by atoms with Crippen LogP contribution in [0.3, 0.4) is 0 Å². The van der Waals surface area contributed by atoms with Gasteiger partial charge in [-0.1, -0.05) is 0 Å². The van der Waals surface area contributed by atoms with Gasteiger partial charge in [-0.25, -0.2) is 4.79 Å². The Morgan fingerprint density at radius 1 is 1.33 bits per heavy atom. The zero-order valence-corrected chi connectivity index (χ0v) is 12.7. The highest BCUT2D eigenvalue weighted by Crippen LogP contribution is 2.20. The van der Waals surface area contributed by atoms with Crippen molar-refractivity contribution in [2.24, 2.45) is 0 Å². The Morgan fingerprint density at radius 3 is 2.95 bits per heavy atom. The van der Waals surface area contributed by atoms with E-state index in [1.807, 2.05) is 39.8 Å². The SMILES string of the molecule is O=C(NCC(c1ccsc1)n1cccn1)Nc1cccs1. The molecule has 0 aliphatic heterocycles. The number of hydrogen-bond donors (Lipinski definition) is 2. The predicted molar refractivity (Wildman–Crippen MR) is 86.0 cm³/mol. The van der Waals surface area contributed by atoms with Crippen molar-refractivity contribution in [2.45, 2.75) is 6.04 Å². The first kappa shape index (κ1) is 13.8. The largest absolute Gasteiger partial charge is 0.335 e. The molecule has 3 rings (SSSR count). The lowest BCUT2D eigenvalue weighted by Gasteiger charge is -2.17. The molecule has 0 bridgehead atoms. The van der Waals surface area contributed by atoms with E-state index in [1.54, 1.807) is 17.5 Å². The molecular formula is C14H14N4OS2. The molecule has 108 valence electrons. The number of urea groups is 1. The van der Waals surface area contributed by atoms with E-state index in [4.69, 9.17) is 0 Å². The Labute approximate surface area is 130 Å². The summed E-state index contributed by atoms with van der Waals surface area (Å²) in [5.41, 5.74) is 1.14. The fourth-order valence-electron chi connectivity index (χ4n) is 1.99. The van der Waals surface area contributed by atoms with Gasteiger partial charge in [0, 0.05) is 18.9 Å². The van der Waals surface area contributed by atoms with Crippen LogP contribution in [0.15, 0.2) is 52.8 Å². The highest BCUT2D eigenvalue weighted by atomic mass is 32.1. The van der Waals surface area contributed by atoms with Crippen LogP contribution in [0.4, 0.5) is 9.80 Å². The second-order valence-corrected chi connectivity index (χ2v) is 6.10. The molecule has 7 heteroatoms. The van der Waals surface area contributed by atoms with Crippen LogP contribution in [0.25, 0.3) is 0 Å². The molecule has 3 aromatic rings. The third-order valence-electron chi connectivity index (χ3n) is 2.99. The lowest BCUT2D eigenvalue weighted by Crippen LogP contribution is -2.34. The number of aromatic nitrogens is 2. The first-order valence-corrected chi connectivity index (χ1v) is 8.25. The maximum absolute atomic E-state index is 11.9. The molecule has 0 radical (unpaired) electrons. The van der Waals surface area contributed by atoms with E-state index < -0.39 is 0 Å². The van der Waals surface area contributed by atoms with Gasteiger partial charge in [0.05, 0.1) is 11.0 Å². The summed E-state index contributed by atoms with van der Waals surface area (Å²) >= 11 is 3.13. The lowest BCUT2D eigenvalue weighted by molar-refractivity contribution is 0.250. The number of thiophene rings is 2. The van der Waals surface area contributed by atoms with Gasteiger partial charge in [0.1, 0.15) is 0 Å². The molecule has 1 atom stereocenters. The number of nitrogens with one attached hydrogen (secondary N) is 2. The molecule has 0 spiro atoms. The second-order valence-electron chi connectivity index (χ2n) is 4.37. The van der Waals surface area contributed by atoms with E-state index in [0.717, 1.165) is 10.6 Å². The van der Waals surface area contributed by atoms with Crippen molar-refractivity contribution in [3.05, 3.63) is 58.4 Å². The number of carbonyl (C=O) groups excluding carboxylic acids is 1. The average molecular weight is 318 g/mol. The smallest absolute Gasteiger partial charge is 0.319 e. The maximum Gasteiger partial charge on any atom is 0.319 e. The Morgan fingerprint density at radius 2 is 2.29 bits per heavy atom. The predicted octanol–water partition coefficient (Wildman–Crippen LogP) is 3.42. The Bertz CT molecular complexity index is 628. The van der Waals surface area contributed by atoms with Crippen LogP contribution in [0, 0.1) is 0 Å². The summed E-state index contributed by atoms with van der Waals surface area (Å²) in [4.78, 5) is 11.9. The maximum atomic E-state index is 11.9. The molecule has 5 nitrogen and oxygen atoms in total. The van der Waals surface area contributed by atoms with Gasteiger partial charge in [0.2, 0.25) is 0 Å². The van der Waals surface area contributed by atoms with Crippen LogP contribution >= 0.6 is 22.7 Å². The molecule has 0 saturated carbocycles. The molecule has 0 saturated heterocycles. The zero-order chi connectivity index (χ0) is 14.5. The van der Waals surface area contributed by atoms with Gasteiger partial charge in [-0.05, 0) is 46.0 Å². The van der Waals surface area contributed by atoms with Gasteiger partial charge in [0.15, 0.2) is 0 Å². The number of anilines is 1. The number of hydrogen-bond acceptors (Lipinski definition) is 4. The van der Waals surface area contributed by atoms with Crippen molar-refractivity contribution in [1.29, 1.82) is 0 Å². The van der Waals surface area contributed by atoms with Crippen LogP contribution in [0.1, 0.15) is 11.6 Å². The lowest BCUT2D eigenvalue weighted by atomic mass is 10.1. The third kappa shape index (κ3) is 3.50. The Hall–Kier alpha value is -2.12. The van der Waals surface area contributed by atoms with Crippen molar-refractivity contribution in [3.8, 4) is 0 Å². The van der Waals surface area contributed by atoms with Gasteiger partial charge in [-0.2, -0.15) is 16.4 Å². The van der Waals surface area contributed by atoms with Gasteiger partial charge in [-0.15, -0.1) is 11.3 Å². The van der Waals surface area contributed by atoms with E-state index in [9.17, 15) is 4.79 Å². The van der Waals surface area contributed by atoms with E-state index in [0.29, 0.717) is 6.54 Å². The summed E-state index contributed by atoms with van der Waals surface area (Å²) in [5.74, 6) is 0. The van der Waals surface area contributed by atoms with Crippen molar-refractivity contribution >= 4 is 33.7 Å². The monoisotopic (exact) mass is 318 g/mol. The van der Waals surface area contributed by atoms with E-state index in [2.05, 4.69) is 27.2 Å². The first-order valence-electron chi connectivity index (χ1n) is 6.42. The fraction of sp³-hybridized carbons (Fsp3) is 0.143. The second kappa shape index (κ2) is 6.55. The van der Waals surface area contributed by atoms with E-state index in [1.165, 1.54) is 11.3 Å². The van der Waals surface area contributed by atoms with Crippen LogP contribution in [-0.2, 0) is 0 Å². The zero-order valence-electron chi connectivity index (χ0n) is 11.1. The number of carbonyl (C=O) groups is 1. The number of amides is 2. The summed E-state index contributed by atoms with van der Waals surface area (Å²) in [6, 6.07) is 7.50. The van der Waals surface area contributed by atoms with Gasteiger partial charge < -0.3 is 5.32 Å². The van der Waals surface area contributed by atoms with E-state index >= 15 is 0 Å². The Balaban J connectivity index is 1.64. The molecule has 0 fully saturated rings. The minimum absolute atomic E-state index is 0.000311. The molecule has 0 aliphatic carbocycles. The Kier molecular flexibility index (Phi) is 4.32. The minimum atomic E-state index is -0.204. The van der Waals surface area contributed by atoms with Crippen LogP contribution in [-0.4, -0.2) is 22.4 Å². The quantitative estimate of drug-likeness (QED) is 0.757. The fourth-order valence-corrected chi connectivity index (χ4v) is 3.31. The topological polar surface area (TPSA) is 59.0 Å². The summed E-state index contributed by atoms with van der Waals surface area (Å²) < 4.78 is 1.85. The van der Waals surface area contributed by atoms with Crippen molar-refractivity contribution in [1.82, 2.24) is 15.1 Å². The number of rotatable bonds is 5. The normalized spacial score (nSPS) is 12.0.